The van der Waals surface area contributed by atoms with Crippen LogP contribution in [0.1, 0.15) is 54.3 Å². The fourth-order valence-electron chi connectivity index (χ4n) is 4.24. The van der Waals surface area contributed by atoms with Crippen molar-refractivity contribution < 1.29 is 4.79 Å². The summed E-state index contributed by atoms with van der Waals surface area (Å²) in [5, 5.41) is 3.90. The Kier molecular flexibility index (Phi) is 8.28. The van der Waals surface area contributed by atoms with E-state index in [2.05, 4.69) is 51.4 Å². The Bertz CT molecular complexity index is 847. The maximum absolute atomic E-state index is 12.5. The molecule has 2 heterocycles. The third-order valence-electron chi connectivity index (χ3n) is 5.91. The highest BCUT2D eigenvalue weighted by Crippen LogP contribution is 2.20. The summed E-state index contributed by atoms with van der Waals surface area (Å²) in [6.45, 7) is 10.2. The highest BCUT2D eigenvalue weighted by Gasteiger charge is 2.17. The lowest BCUT2D eigenvalue weighted by atomic mass is 9.99. The molecule has 3 rings (SSSR count). The highest BCUT2D eigenvalue weighted by atomic mass is 32.2. The van der Waals surface area contributed by atoms with Gasteiger partial charge in [-0.25, -0.2) is 9.97 Å². The molecule has 1 atom stereocenters. The molecule has 5 nitrogen and oxygen atoms in total. The maximum atomic E-state index is 12.5. The lowest BCUT2D eigenvalue weighted by molar-refractivity contribution is -0.121. The Hall–Kier alpha value is -1.92. The van der Waals surface area contributed by atoms with E-state index in [4.69, 9.17) is 0 Å². The number of aromatic nitrogens is 2. The zero-order valence-electron chi connectivity index (χ0n) is 18.7. The Morgan fingerprint density at radius 3 is 2.57 bits per heavy atom. The molecule has 1 aliphatic rings. The molecule has 0 bridgehead atoms. The number of carbonyl (C=O) groups is 1. The van der Waals surface area contributed by atoms with Crippen molar-refractivity contribution in [3.05, 3.63) is 52.3 Å². The summed E-state index contributed by atoms with van der Waals surface area (Å²) < 4.78 is 0. The van der Waals surface area contributed by atoms with Crippen molar-refractivity contribution in [2.45, 2.75) is 64.7 Å². The molecule has 6 heteroatoms. The first-order valence-corrected chi connectivity index (χ1v) is 12.1. The van der Waals surface area contributed by atoms with Crippen LogP contribution >= 0.6 is 11.8 Å². The number of amides is 1. The zero-order valence-corrected chi connectivity index (χ0v) is 19.5. The van der Waals surface area contributed by atoms with Crippen LogP contribution < -0.4 is 5.32 Å². The zero-order chi connectivity index (χ0) is 21.5. The predicted molar refractivity (Wildman–Crippen MR) is 124 cm³/mol. The largest absolute Gasteiger partial charge is 0.352 e. The Balaban J connectivity index is 1.54. The molecule has 2 aromatic rings. The van der Waals surface area contributed by atoms with Gasteiger partial charge in [0.2, 0.25) is 5.91 Å². The van der Waals surface area contributed by atoms with Crippen molar-refractivity contribution in [1.82, 2.24) is 20.2 Å². The molecule has 1 unspecified atom stereocenters. The third-order valence-corrected chi connectivity index (χ3v) is 6.46. The second-order valence-electron chi connectivity index (χ2n) is 8.39. The molecule has 0 radical (unpaired) electrons. The van der Waals surface area contributed by atoms with Crippen LogP contribution in [0.4, 0.5) is 0 Å². The average molecular weight is 427 g/mol. The number of carbonyl (C=O) groups excluding carboxylic acids is 1. The van der Waals surface area contributed by atoms with Gasteiger partial charge in [-0.2, -0.15) is 0 Å². The number of thioether (sulfide) groups is 1. The number of aryl methyl sites for hydroxylation is 2. The van der Waals surface area contributed by atoms with Crippen LogP contribution in [0.5, 0.6) is 0 Å². The quantitative estimate of drug-likeness (QED) is 0.504. The number of likely N-dealkylation sites (tertiary alicyclic amines) is 1. The van der Waals surface area contributed by atoms with E-state index in [1.807, 2.05) is 20.1 Å². The molecule has 162 valence electrons. The van der Waals surface area contributed by atoms with Crippen LogP contribution in [-0.2, 0) is 24.3 Å². The van der Waals surface area contributed by atoms with Crippen LogP contribution in [0.15, 0.2) is 29.4 Å². The van der Waals surface area contributed by atoms with E-state index in [1.54, 1.807) is 11.8 Å². The van der Waals surface area contributed by atoms with Crippen molar-refractivity contribution in [3.8, 4) is 0 Å². The summed E-state index contributed by atoms with van der Waals surface area (Å²) in [5.74, 6) is 0.843. The van der Waals surface area contributed by atoms with Crippen LogP contribution in [0.2, 0.25) is 0 Å². The Labute approximate surface area is 185 Å². The van der Waals surface area contributed by atoms with Gasteiger partial charge in [0.15, 0.2) is 5.16 Å². The molecular weight excluding hydrogens is 392 g/mol. The number of nitrogens with zero attached hydrogens (tertiary/aromatic N) is 3. The molecule has 1 saturated heterocycles. The smallest absolute Gasteiger partial charge is 0.220 e. The van der Waals surface area contributed by atoms with E-state index in [-0.39, 0.29) is 5.91 Å². The molecule has 1 aromatic heterocycles. The SMILES string of the molecule is CSc1nc(C)c(CCC(=O)NCc2ccccc2CN2CCCC(C)C2)c(C)n1. The second-order valence-corrected chi connectivity index (χ2v) is 9.16. The number of piperidine rings is 1. The topological polar surface area (TPSA) is 58.1 Å². The van der Waals surface area contributed by atoms with Crippen LogP contribution in [0, 0.1) is 19.8 Å². The minimum absolute atomic E-state index is 0.0733. The summed E-state index contributed by atoms with van der Waals surface area (Å²) in [4.78, 5) is 24.1. The fraction of sp³-hybridized carbons (Fsp3) is 0.542. The summed E-state index contributed by atoms with van der Waals surface area (Å²) in [5.41, 5.74) is 5.56. The first kappa shape index (κ1) is 22.8. The first-order chi connectivity index (χ1) is 14.5. The van der Waals surface area contributed by atoms with Crippen LogP contribution in [-0.4, -0.2) is 40.1 Å². The molecular formula is C24H34N4OS. The van der Waals surface area contributed by atoms with E-state index < -0.39 is 0 Å². The van der Waals surface area contributed by atoms with Gasteiger partial charge in [0.05, 0.1) is 0 Å². The monoisotopic (exact) mass is 426 g/mol. The Morgan fingerprint density at radius 2 is 1.90 bits per heavy atom. The van der Waals surface area contributed by atoms with Gasteiger partial charge in [0.1, 0.15) is 0 Å². The fourth-order valence-corrected chi connectivity index (χ4v) is 4.69. The van der Waals surface area contributed by atoms with Crippen LogP contribution in [0.25, 0.3) is 0 Å². The minimum atomic E-state index is 0.0733. The summed E-state index contributed by atoms with van der Waals surface area (Å²) in [6.07, 6.45) is 5.71. The van der Waals surface area contributed by atoms with Crippen molar-refractivity contribution in [1.29, 1.82) is 0 Å². The van der Waals surface area contributed by atoms with Crippen molar-refractivity contribution >= 4 is 17.7 Å². The predicted octanol–water partition coefficient (Wildman–Crippen LogP) is 4.30. The number of rotatable bonds is 8. The minimum Gasteiger partial charge on any atom is -0.352 e. The first-order valence-electron chi connectivity index (χ1n) is 10.9. The summed E-state index contributed by atoms with van der Waals surface area (Å²) in [7, 11) is 0. The highest BCUT2D eigenvalue weighted by molar-refractivity contribution is 7.98. The van der Waals surface area contributed by atoms with Gasteiger partial charge in [-0.3, -0.25) is 9.69 Å². The van der Waals surface area contributed by atoms with Gasteiger partial charge in [0.25, 0.3) is 0 Å². The van der Waals surface area contributed by atoms with Gasteiger partial charge >= 0.3 is 0 Å². The second kappa shape index (κ2) is 10.9. The molecule has 0 aliphatic carbocycles. The van der Waals surface area contributed by atoms with Gasteiger partial charge in [-0.1, -0.05) is 43.0 Å². The molecule has 0 saturated carbocycles. The van der Waals surface area contributed by atoms with E-state index in [1.165, 1.54) is 30.5 Å². The Morgan fingerprint density at radius 1 is 1.20 bits per heavy atom. The molecule has 30 heavy (non-hydrogen) atoms. The third kappa shape index (κ3) is 6.29. The number of nitrogens with one attached hydrogen (secondary N) is 1. The number of hydrogen-bond donors (Lipinski definition) is 1. The average Bonchev–Trinajstić information content (AvgIpc) is 2.72. The molecule has 1 aliphatic heterocycles. The summed E-state index contributed by atoms with van der Waals surface area (Å²) >= 11 is 1.54. The molecule has 0 spiro atoms. The number of hydrogen-bond acceptors (Lipinski definition) is 5. The maximum Gasteiger partial charge on any atom is 0.220 e. The van der Waals surface area contributed by atoms with Crippen molar-refractivity contribution in [2.24, 2.45) is 5.92 Å². The standard InChI is InChI=1S/C24H34N4OS/c1-17-8-7-13-28(15-17)16-21-10-6-5-9-20(21)14-25-23(29)12-11-22-18(2)26-24(30-4)27-19(22)3/h5-6,9-10,17H,7-8,11-16H2,1-4H3,(H,25,29). The van der Waals surface area contributed by atoms with Gasteiger partial charge in [-0.15, -0.1) is 0 Å². The van der Waals surface area contributed by atoms with E-state index >= 15 is 0 Å². The molecule has 1 aromatic carbocycles. The number of benzene rings is 1. The van der Waals surface area contributed by atoms with Gasteiger partial charge in [-0.05, 0) is 68.5 Å². The van der Waals surface area contributed by atoms with Crippen molar-refractivity contribution in [2.75, 3.05) is 19.3 Å². The normalized spacial score (nSPS) is 17.1. The van der Waals surface area contributed by atoms with Crippen molar-refractivity contribution in [3.63, 3.8) is 0 Å². The van der Waals surface area contributed by atoms with Gasteiger partial charge in [0, 0.05) is 37.4 Å². The summed E-state index contributed by atoms with van der Waals surface area (Å²) in [6, 6.07) is 8.48. The lowest BCUT2D eigenvalue weighted by Gasteiger charge is -2.31. The molecule has 1 N–H and O–H groups in total. The van der Waals surface area contributed by atoms with Crippen LogP contribution in [0.3, 0.4) is 0 Å². The van der Waals surface area contributed by atoms with E-state index in [0.717, 1.165) is 41.1 Å². The lowest BCUT2D eigenvalue weighted by Crippen LogP contribution is -2.34. The van der Waals surface area contributed by atoms with E-state index in [0.29, 0.717) is 19.4 Å². The van der Waals surface area contributed by atoms with E-state index in [9.17, 15) is 4.79 Å². The molecule has 1 amide bonds. The van der Waals surface area contributed by atoms with Gasteiger partial charge < -0.3 is 5.32 Å². The molecule has 1 fully saturated rings.